The fourth-order valence-electron chi connectivity index (χ4n) is 0.904. The molecule has 1 aromatic carbocycles. The second kappa shape index (κ2) is 8.89. The highest BCUT2D eigenvalue weighted by Crippen LogP contribution is 2.00. The molecule has 18 heavy (non-hydrogen) atoms. The minimum Gasteiger partial charge on any atom is -0.460 e. The number of amides is 1. The lowest BCUT2D eigenvalue weighted by molar-refractivity contribution is -0.137. The number of rotatable bonds is 3. The van der Waals surface area contributed by atoms with E-state index < -0.39 is 11.8 Å². The molecule has 0 aliphatic carbocycles. The zero-order valence-corrected chi connectivity index (χ0v) is 10.3. The number of nitrogens with one attached hydrogen (secondary N) is 1. The lowest BCUT2D eigenvalue weighted by Gasteiger charge is -1.99. The van der Waals surface area contributed by atoms with Crippen molar-refractivity contribution in [3.8, 4) is 0 Å². The van der Waals surface area contributed by atoms with Crippen LogP contribution in [-0.2, 0) is 14.3 Å². The van der Waals surface area contributed by atoms with Crippen LogP contribution < -0.4 is 11.3 Å². The zero-order chi connectivity index (χ0) is 14.0. The molecule has 0 radical (unpaired) electrons. The van der Waals surface area contributed by atoms with Gasteiger partial charge in [-0.2, -0.15) is 0 Å². The van der Waals surface area contributed by atoms with Crippen molar-refractivity contribution >= 4 is 17.7 Å². The number of hydrazine groups is 1. The molecule has 0 aliphatic rings. The standard InChI is InChI=1S/C10H10O3.C2H6N2O/c1-2-13-10(12)9(11)8-6-4-3-5-7-8;1-2(5)4-3/h3-7H,2H2,1H3;3H2,1H3,(H,4,5). The average Bonchev–Trinajstić information content (AvgIpc) is 2.39. The van der Waals surface area contributed by atoms with E-state index in [0.29, 0.717) is 5.56 Å². The Morgan fingerprint density at radius 3 is 2.11 bits per heavy atom. The SMILES string of the molecule is CC(=O)NN.CCOC(=O)C(=O)c1ccccc1. The third-order valence-electron chi connectivity index (χ3n) is 1.70. The molecule has 0 aliphatic heterocycles. The molecule has 0 aromatic heterocycles. The summed E-state index contributed by atoms with van der Waals surface area (Å²) in [5.74, 6) is 2.96. The highest BCUT2D eigenvalue weighted by atomic mass is 16.5. The number of esters is 1. The molecular formula is C12H16N2O4. The Balaban J connectivity index is 0.000000494. The van der Waals surface area contributed by atoms with E-state index in [-0.39, 0.29) is 12.5 Å². The topological polar surface area (TPSA) is 98.5 Å². The van der Waals surface area contributed by atoms with Gasteiger partial charge in [0.05, 0.1) is 6.61 Å². The summed E-state index contributed by atoms with van der Waals surface area (Å²) in [7, 11) is 0. The Morgan fingerprint density at radius 2 is 1.72 bits per heavy atom. The highest BCUT2D eigenvalue weighted by Gasteiger charge is 2.16. The van der Waals surface area contributed by atoms with Gasteiger partial charge in [0.25, 0.3) is 5.78 Å². The number of benzene rings is 1. The first kappa shape index (κ1) is 15.8. The average molecular weight is 252 g/mol. The maximum absolute atomic E-state index is 11.3. The lowest BCUT2D eigenvalue weighted by Crippen LogP contribution is -2.26. The second-order valence-electron chi connectivity index (χ2n) is 3.12. The fraction of sp³-hybridized carbons (Fsp3) is 0.250. The van der Waals surface area contributed by atoms with Gasteiger partial charge in [-0.25, -0.2) is 10.6 Å². The van der Waals surface area contributed by atoms with Crippen LogP contribution in [0.5, 0.6) is 0 Å². The molecule has 98 valence electrons. The van der Waals surface area contributed by atoms with Gasteiger partial charge in [0.2, 0.25) is 5.91 Å². The van der Waals surface area contributed by atoms with Gasteiger partial charge >= 0.3 is 5.97 Å². The Kier molecular flexibility index (Phi) is 7.80. The van der Waals surface area contributed by atoms with Crippen molar-refractivity contribution in [1.29, 1.82) is 0 Å². The fourth-order valence-corrected chi connectivity index (χ4v) is 0.904. The summed E-state index contributed by atoms with van der Waals surface area (Å²) in [4.78, 5) is 31.8. The van der Waals surface area contributed by atoms with Gasteiger partial charge in [-0.15, -0.1) is 0 Å². The molecule has 0 saturated carbocycles. The van der Waals surface area contributed by atoms with Crippen molar-refractivity contribution in [2.75, 3.05) is 6.61 Å². The number of hydrogen-bond donors (Lipinski definition) is 2. The van der Waals surface area contributed by atoms with Crippen LogP contribution in [-0.4, -0.2) is 24.3 Å². The quantitative estimate of drug-likeness (QED) is 0.203. The molecule has 0 atom stereocenters. The van der Waals surface area contributed by atoms with Crippen molar-refractivity contribution in [3.05, 3.63) is 35.9 Å². The Labute approximate surface area is 105 Å². The lowest BCUT2D eigenvalue weighted by atomic mass is 10.1. The predicted octanol–water partition coefficient (Wildman–Crippen LogP) is 0.429. The molecule has 0 spiro atoms. The Hall–Kier alpha value is -2.21. The number of ether oxygens (including phenoxy) is 1. The Morgan fingerprint density at radius 1 is 1.22 bits per heavy atom. The number of carbonyl (C=O) groups is 3. The molecule has 6 heteroatoms. The molecule has 0 heterocycles. The van der Waals surface area contributed by atoms with E-state index in [1.54, 1.807) is 37.3 Å². The van der Waals surface area contributed by atoms with Crippen molar-refractivity contribution in [2.24, 2.45) is 5.84 Å². The van der Waals surface area contributed by atoms with Gasteiger partial charge in [-0.3, -0.25) is 15.0 Å². The molecule has 1 amide bonds. The maximum atomic E-state index is 11.3. The van der Waals surface area contributed by atoms with Gasteiger partial charge in [0, 0.05) is 12.5 Å². The molecule has 0 saturated heterocycles. The summed E-state index contributed by atoms with van der Waals surface area (Å²) in [5, 5.41) is 0. The van der Waals surface area contributed by atoms with E-state index in [0.717, 1.165) is 0 Å². The molecule has 0 unspecified atom stereocenters. The largest absolute Gasteiger partial charge is 0.460 e. The van der Waals surface area contributed by atoms with Gasteiger partial charge in [-0.1, -0.05) is 30.3 Å². The first-order chi connectivity index (χ1) is 8.52. The van der Waals surface area contributed by atoms with E-state index in [2.05, 4.69) is 10.6 Å². The van der Waals surface area contributed by atoms with Crippen molar-refractivity contribution in [3.63, 3.8) is 0 Å². The maximum Gasteiger partial charge on any atom is 0.379 e. The summed E-state index contributed by atoms with van der Waals surface area (Å²) in [6.45, 7) is 3.23. The van der Waals surface area contributed by atoms with Crippen LogP contribution in [0.2, 0.25) is 0 Å². The van der Waals surface area contributed by atoms with Gasteiger partial charge < -0.3 is 4.74 Å². The normalized spacial score (nSPS) is 8.61. The van der Waals surface area contributed by atoms with Crippen molar-refractivity contribution in [1.82, 2.24) is 5.43 Å². The summed E-state index contributed by atoms with van der Waals surface area (Å²) >= 11 is 0. The van der Waals surface area contributed by atoms with Crippen molar-refractivity contribution < 1.29 is 19.1 Å². The summed E-state index contributed by atoms with van der Waals surface area (Å²) in [5.41, 5.74) is 2.25. The number of nitrogens with two attached hydrogens (primary N) is 1. The van der Waals surface area contributed by atoms with Crippen LogP contribution in [0.15, 0.2) is 30.3 Å². The minimum atomic E-state index is -0.797. The number of ketones is 1. The zero-order valence-electron chi connectivity index (χ0n) is 10.3. The van der Waals surface area contributed by atoms with E-state index >= 15 is 0 Å². The smallest absolute Gasteiger partial charge is 0.379 e. The Bertz CT molecular complexity index is 404. The van der Waals surface area contributed by atoms with Gasteiger partial charge in [0.1, 0.15) is 0 Å². The van der Waals surface area contributed by atoms with Crippen LogP contribution in [0.25, 0.3) is 0 Å². The summed E-state index contributed by atoms with van der Waals surface area (Å²) < 4.78 is 4.57. The van der Waals surface area contributed by atoms with E-state index in [1.807, 2.05) is 5.43 Å². The van der Waals surface area contributed by atoms with Crippen molar-refractivity contribution in [2.45, 2.75) is 13.8 Å². The molecule has 0 bridgehead atoms. The number of hydrogen-bond acceptors (Lipinski definition) is 5. The van der Waals surface area contributed by atoms with E-state index in [9.17, 15) is 14.4 Å². The number of carbonyl (C=O) groups excluding carboxylic acids is 3. The van der Waals surface area contributed by atoms with Crippen LogP contribution in [0, 0.1) is 0 Å². The first-order valence-electron chi connectivity index (χ1n) is 5.26. The van der Waals surface area contributed by atoms with E-state index in [4.69, 9.17) is 0 Å². The number of Topliss-reactive ketones (excluding diaryl/α,β-unsaturated/α-hetero) is 1. The summed E-state index contributed by atoms with van der Waals surface area (Å²) in [6, 6.07) is 8.35. The highest BCUT2D eigenvalue weighted by molar-refractivity contribution is 6.40. The minimum absolute atomic E-state index is 0.218. The monoisotopic (exact) mass is 252 g/mol. The third kappa shape index (κ3) is 6.39. The first-order valence-corrected chi connectivity index (χ1v) is 5.26. The molecule has 1 rings (SSSR count). The molecule has 6 nitrogen and oxygen atoms in total. The van der Waals surface area contributed by atoms with Gasteiger partial charge in [0.15, 0.2) is 0 Å². The van der Waals surface area contributed by atoms with Crippen LogP contribution in [0.3, 0.4) is 0 Å². The predicted molar refractivity (Wildman–Crippen MR) is 65.4 cm³/mol. The summed E-state index contributed by atoms with van der Waals surface area (Å²) in [6.07, 6.45) is 0. The van der Waals surface area contributed by atoms with E-state index in [1.165, 1.54) is 6.92 Å². The molecular weight excluding hydrogens is 236 g/mol. The molecule has 0 fully saturated rings. The van der Waals surface area contributed by atoms with Crippen LogP contribution in [0.4, 0.5) is 0 Å². The van der Waals surface area contributed by atoms with Crippen LogP contribution in [0.1, 0.15) is 24.2 Å². The molecule has 3 N–H and O–H groups in total. The third-order valence-corrected chi connectivity index (χ3v) is 1.70. The van der Waals surface area contributed by atoms with Crippen LogP contribution >= 0.6 is 0 Å². The molecule has 1 aromatic rings. The van der Waals surface area contributed by atoms with Gasteiger partial charge in [-0.05, 0) is 6.92 Å². The second-order valence-corrected chi connectivity index (χ2v) is 3.12.